The first-order valence-electron chi connectivity index (χ1n) is 7.43. The number of hydrogen-bond acceptors (Lipinski definition) is 3. The number of hydrogen-bond donors (Lipinski definition) is 0. The van der Waals surface area contributed by atoms with Crippen molar-refractivity contribution in [3.05, 3.63) is 41.3 Å². The average Bonchev–Trinajstić information content (AvgIpc) is 3.12. The van der Waals surface area contributed by atoms with Gasteiger partial charge in [-0.1, -0.05) is 6.92 Å². The summed E-state index contributed by atoms with van der Waals surface area (Å²) in [5, 5.41) is 0. The molecule has 0 aromatic carbocycles. The first kappa shape index (κ1) is 15.7. The molecule has 3 aromatic rings. The maximum atomic E-state index is 14.0. The quantitative estimate of drug-likeness (QED) is 0.733. The van der Waals surface area contributed by atoms with Crippen molar-refractivity contribution in [3.8, 4) is 10.4 Å². The van der Waals surface area contributed by atoms with Gasteiger partial charge in [0.05, 0.1) is 5.52 Å². The fraction of sp³-hybridized carbons (Fsp3) is 0.294. The second-order valence-corrected chi connectivity index (χ2v) is 6.77. The second-order valence-electron chi connectivity index (χ2n) is 5.60. The average molecular weight is 331 g/mol. The van der Waals surface area contributed by atoms with E-state index >= 15 is 0 Å². The summed E-state index contributed by atoms with van der Waals surface area (Å²) in [5.41, 5.74) is 1.88. The molecule has 23 heavy (non-hydrogen) atoms. The summed E-state index contributed by atoms with van der Waals surface area (Å²) in [4.78, 5) is 20.1. The molecule has 0 saturated heterocycles. The summed E-state index contributed by atoms with van der Waals surface area (Å²) < 4.78 is 15.7. The number of halogens is 1. The molecule has 0 atom stereocenters. The van der Waals surface area contributed by atoms with Crippen LogP contribution in [0.15, 0.2) is 30.6 Å². The molecule has 1 amide bonds. The normalized spacial score (nSPS) is 11.1. The lowest BCUT2D eigenvalue weighted by Gasteiger charge is -2.11. The molecule has 0 aliphatic carbocycles. The van der Waals surface area contributed by atoms with Crippen molar-refractivity contribution in [2.24, 2.45) is 0 Å². The molecule has 3 aromatic heterocycles. The van der Waals surface area contributed by atoms with Crippen molar-refractivity contribution in [2.75, 3.05) is 14.1 Å². The van der Waals surface area contributed by atoms with Crippen molar-refractivity contribution >= 4 is 28.3 Å². The van der Waals surface area contributed by atoms with Gasteiger partial charge >= 0.3 is 0 Å². The fourth-order valence-electron chi connectivity index (χ4n) is 2.40. The molecule has 0 spiro atoms. The predicted molar refractivity (Wildman–Crippen MR) is 91.1 cm³/mol. The number of fused-ring (bicyclic) bond motifs is 1. The molecule has 3 heterocycles. The molecule has 6 heteroatoms. The van der Waals surface area contributed by atoms with Gasteiger partial charge in [-0.15, -0.1) is 11.3 Å². The van der Waals surface area contributed by atoms with Crippen LogP contribution >= 0.6 is 11.3 Å². The van der Waals surface area contributed by atoms with Crippen LogP contribution in [0.2, 0.25) is 0 Å². The molecule has 0 fully saturated rings. The Morgan fingerprint density at radius 1 is 1.39 bits per heavy atom. The Bertz CT molecular complexity index is 866. The van der Waals surface area contributed by atoms with Crippen LogP contribution in [0.5, 0.6) is 0 Å². The van der Waals surface area contributed by atoms with E-state index < -0.39 is 5.82 Å². The Balaban J connectivity index is 2.05. The number of amides is 1. The summed E-state index contributed by atoms with van der Waals surface area (Å²) in [6.07, 6.45) is 4.02. The highest BCUT2D eigenvalue weighted by Crippen LogP contribution is 2.30. The number of nitrogens with zero attached hydrogens (tertiary/aromatic N) is 3. The van der Waals surface area contributed by atoms with Crippen LogP contribution in [0.3, 0.4) is 0 Å². The topological polar surface area (TPSA) is 38.1 Å². The zero-order valence-corrected chi connectivity index (χ0v) is 14.2. The summed E-state index contributed by atoms with van der Waals surface area (Å²) in [5.74, 6) is -0.491. The maximum absolute atomic E-state index is 14.0. The van der Waals surface area contributed by atoms with Crippen LogP contribution in [0.1, 0.15) is 11.8 Å². The fourth-order valence-corrected chi connectivity index (χ4v) is 3.33. The van der Waals surface area contributed by atoms with Crippen LogP contribution in [0.25, 0.3) is 21.5 Å². The van der Waals surface area contributed by atoms with E-state index in [4.69, 9.17) is 0 Å². The number of pyridine rings is 1. The van der Waals surface area contributed by atoms with E-state index in [1.165, 1.54) is 16.0 Å². The largest absolute Gasteiger partial charge is 0.347 e. The number of rotatable bonds is 4. The van der Waals surface area contributed by atoms with E-state index in [-0.39, 0.29) is 12.5 Å². The third-order valence-electron chi connectivity index (χ3n) is 3.77. The van der Waals surface area contributed by atoms with Gasteiger partial charge in [0.1, 0.15) is 12.1 Å². The van der Waals surface area contributed by atoms with Gasteiger partial charge in [-0.25, -0.2) is 4.39 Å². The molecule has 0 radical (unpaired) electrons. The second kappa shape index (κ2) is 6.12. The first-order chi connectivity index (χ1) is 11.0. The van der Waals surface area contributed by atoms with Gasteiger partial charge in [0.25, 0.3) is 0 Å². The van der Waals surface area contributed by atoms with Gasteiger partial charge in [0.2, 0.25) is 5.91 Å². The lowest BCUT2D eigenvalue weighted by atomic mass is 10.2. The summed E-state index contributed by atoms with van der Waals surface area (Å²) >= 11 is 1.71. The number of aryl methyl sites for hydroxylation is 1. The van der Waals surface area contributed by atoms with Crippen LogP contribution in [-0.2, 0) is 17.8 Å². The van der Waals surface area contributed by atoms with Crippen molar-refractivity contribution in [1.82, 2.24) is 14.5 Å². The van der Waals surface area contributed by atoms with Gasteiger partial charge in [-0.2, -0.15) is 0 Å². The molecule has 0 aliphatic heterocycles. The minimum atomic E-state index is -0.404. The van der Waals surface area contributed by atoms with E-state index in [0.717, 1.165) is 16.9 Å². The molecule has 3 rings (SSSR count). The van der Waals surface area contributed by atoms with E-state index in [9.17, 15) is 9.18 Å². The lowest BCUT2D eigenvalue weighted by Crippen LogP contribution is -2.25. The zero-order valence-electron chi connectivity index (χ0n) is 13.3. The van der Waals surface area contributed by atoms with Crippen LogP contribution in [-0.4, -0.2) is 34.5 Å². The Hall–Kier alpha value is -2.21. The monoisotopic (exact) mass is 331 g/mol. The van der Waals surface area contributed by atoms with Gasteiger partial charge in [-0.05, 0) is 24.6 Å². The minimum Gasteiger partial charge on any atom is -0.347 e. The van der Waals surface area contributed by atoms with Crippen molar-refractivity contribution in [3.63, 3.8) is 0 Å². The van der Waals surface area contributed by atoms with E-state index in [1.54, 1.807) is 36.2 Å². The maximum Gasteiger partial charge on any atom is 0.241 e. The number of aromatic nitrogens is 2. The highest BCUT2D eigenvalue weighted by atomic mass is 32.1. The Labute approximate surface area is 138 Å². The molecule has 0 unspecified atom stereocenters. The molecule has 0 N–H and O–H groups in total. The number of carbonyl (C=O) groups excluding carboxylic acids is 1. The van der Waals surface area contributed by atoms with Crippen molar-refractivity contribution < 1.29 is 9.18 Å². The molecule has 4 nitrogen and oxygen atoms in total. The molecule has 120 valence electrons. The summed E-state index contributed by atoms with van der Waals surface area (Å²) in [6.45, 7) is 2.22. The molecule has 0 bridgehead atoms. The van der Waals surface area contributed by atoms with E-state index in [1.807, 2.05) is 6.07 Å². The Morgan fingerprint density at radius 3 is 2.83 bits per heavy atom. The number of carbonyl (C=O) groups is 1. The van der Waals surface area contributed by atoms with Gasteiger partial charge in [0.15, 0.2) is 5.82 Å². The molecule has 0 aliphatic rings. The SMILES string of the molecule is CCc1ccc(-c2cnc3c(F)cn(CC(=O)N(C)C)c3c2)s1. The van der Waals surface area contributed by atoms with Crippen molar-refractivity contribution in [2.45, 2.75) is 19.9 Å². The van der Waals surface area contributed by atoms with E-state index in [0.29, 0.717) is 11.0 Å². The lowest BCUT2D eigenvalue weighted by molar-refractivity contribution is -0.129. The van der Waals surface area contributed by atoms with Gasteiger partial charge < -0.3 is 9.47 Å². The Kier molecular flexibility index (Phi) is 4.17. The number of likely N-dealkylation sites (N-methyl/N-ethyl adjacent to an activating group) is 1. The number of thiophene rings is 1. The Morgan fingerprint density at radius 2 is 2.17 bits per heavy atom. The molecule has 0 saturated carbocycles. The highest BCUT2D eigenvalue weighted by molar-refractivity contribution is 7.15. The third kappa shape index (κ3) is 2.99. The summed E-state index contributed by atoms with van der Waals surface area (Å²) in [6, 6.07) is 6.06. The smallest absolute Gasteiger partial charge is 0.241 e. The standard InChI is InChI=1S/C17H18FN3OS/c1-4-12-5-6-15(23-12)11-7-14-17(19-8-11)13(18)9-21(14)10-16(22)20(2)3/h5-9H,4,10H2,1-3H3. The van der Waals surface area contributed by atoms with Gasteiger partial charge in [0, 0.05) is 41.8 Å². The third-order valence-corrected chi connectivity index (χ3v) is 5.05. The molecular weight excluding hydrogens is 313 g/mol. The highest BCUT2D eigenvalue weighted by Gasteiger charge is 2.15. The first-order valence-corrected chi connectivity index (χ1v) is 8.25. The molecular formula is C17H18FN3OS. The van der Waals surface area contributed by atoms with E-state index in [2.05, 4.69) is 24.0 Å². The predicted octanol–water partition coefficient (Wildman–Crippen LogP) is 3.55. The zero-order chi connectivity index (χ0) is 16.6. The van der Waals surface area contributed by atoms with Gasteiger partial charge in [-0.3, -0.25) is 9.78 Å². The van der Waals surface area contributed by atoms with Crippen LogP contribution < -0.4 is 0 Å². The van der Waals surface area contributed by atoms with Crippen LogP contribution in [0.4, 0.5) is 4.39 Å². The minimum absolute atomic E-state index is 0.0864. The van der Waals surface area contributed by atoms with Crippen LogP contribution in [0, 0.1) is 5.82 Å². The summed E-state index contributed by atoms with van der Waals surface area (Å²) in [7, 11) is 3.37. The van der Waals surface area contributed by atoms with Crippen molar-refractivity contribution in [1.29, 1.82) is 0 Å².